The van der Waals surface area contributed by atoms with Crippen molar-refractivity contribution in [3.05, 3.63) is 65.4 Å². The average Bonchev–Trinajstić information content (AvgIpc) is 2.95. The summed E-state index contributed by atoms with van der Waals surface area (Å²) in [7, 11) is 1.64. The molecule has 0 spiro atoms. The molecule has 2 aromatic carbocycles. The number of rotatable bonds is 6. The van der Waals surface area contributed by atoms with Crippen LogP contribution < -0.4 is 10.1 Å². The molecule has 24 heavy (non-hydrogen) atoms. The molecule has 0 aliphatic rings. The number of benzene rings is 2. The second-order valence-corrected chi connectivity index (χ2v) is 5.88. The third kappa shape index (κ3) is 3.43. The molecule has 124 valence electrons. The number of fused-ring (bicyclic) bond motifs is 1. The Morgan fingerprint density at radius 2 is 1.96 bits per heavy atom. The maximum absolute atomic E-state index is 12.4. The predicted octanol–water partition coefficient (Wildman–Crippen LogP) is 3.85. The third-order valence-electron chi connectivity index (χ3n) is 4.26. The SMILES string of the molecule is COc1ccc2[nH]c(C(=O)NCCCc3ccccc3)c(C)c2c1. The van der Waals surface area contributed by atoms with Crippen molar-refractivity contribution in [2.75, 3.05) is 13.7 Å². The van der Waals surface area contributed by atoms with Gasteiger partial charge in [0.05, 0.1) is 7.11 Å². The zero-order chi connectivity index (χ0) is 16.9. The topological polar surface area (TPSA) is 54.1 Å². The van der Waals surface area contributed by atoms with Crippen molar-refractivity contribution in [2.45, 2.75) is 19.8 Å². The van der Waals surface area contributed by atoms with Crippen molar-refractivity contribution >= 4 is 16.8 Å². The summed E-state index contributed by atoms with van der Waals surface area (Å²) < 4.78 is 5.25. The molecule has 4 heteroatoms. The van der Waals surface area contributed by atoms with Gasteiger partial charge in [-0.3, -0.25) is 4.79 Å². The molecule has 0 saturated carbocycles. The lowest BCUT2D eigenvalue weighted by molar-refractivity contribution is 0.0948. The lowest BCUT2D eigenvalue weighted by Crippen LogP contribution is -2.25. The molecule has 3 aromatic rings. The molecular weight excluding hydrogens is 300 g/mol. The number of aryl methyl sites for hydroxylation is 2. The van der Waals surface area contributed by atoms with Crippen LogP contribution in [0.15, 0.2) is 48.5 Å². The van der Waals surface area contributed by atoms with E-state index in [1.807, 2.05) is 43.3 Å². The quantitative estimate of drug-likeness (QED) is 0.677. The molecule has 2 N–H and O–H groups in total. The van der Waals surface area contributed by atoms with E-state index in [1.54, 1.807) is 7.11 Å². The number of nitrogens with one attached hydrogen (secondary N) is 2. The first-order chi connectivity index (χ1) is 11.7. The smallest absolute Gasteiger partial charge is 0.268 e. The number of hydrogen-bond donors (Lipinski definition) is 2. The molecule has 0 unspecified atom stereocenters. The number of carbonyl (C=O) groups is 1. The Kier molecular flexibility index (Phi) is 4.85. The number of aromatic amines is 1. The summed E-state index contributed by atoms with van der Waals surface area (Å²) in [5, 5.41) is 4.02. The Hall–Kier alpha value is -2.75. The van der Waals surface area contributed by atoms with E-state index in [2.05, 4.69) is 22.4 Å². The van der Waals surface area contributed by atoms with E-state index in [4.69, 9.17) is 4.74 Å². The van der Waals surface area contributed by atoms with Crippen molar-refractivity contribution < 1.29 is 9.53 Å². The molecule has 0 fully saturated rings. The lowest BCUT2D eigenvalue weighted by Gasteiger charge is -2.05. The number of aromatic nitrogens is 1. The van der Waals surface area contributed by atoms with E-state index in [-0.39, 0.29) is 5.91 Å². The summed E-state index contributed by atoms with van der Waals surface area (Å²) >= 11 is 0. The molecule has 1 aromatic heterocycles. The normalized spacial score (nSPS) is 10.8. The maximum atomic E-state index is 12.4. The zero-order valence-corrected chi connectivity index (χ0v) is 14.1. The van der Waals surface area contributed by atoms with Crippen molar-refractivity contribution in [1.82, 2.24) is 10.3 Å². The molecule has 3 rings (SSSR count). The summed E-state index contributed by atoms with van der Waals surface area (Å²) in [5.74, 6) is 0.732. The number of hydrogen-bond acceptors (Lipinski definition) is 2. The Morgan fingerprint density at radius 3 is 2.71 bits per heavy atom. The van der Waals surface area contributed by atoms with Gasteiger partial charge < -0.3 is 15.0 Å². The van der Waals surface area contributed by atoms with Crippen LogP contribution in [0.3, 0.4) is 0 Å². The summed E-state index contributed by atoms with van der Waals surface area (Å²) in [5.41, 5.74) is 3.81. The van der Waals surface area contributed by atoms with Crippen molar-refractivity contribution in [1.29, 1.82) is 0 Å². The Morgan fingerprint density at radius 1 is 1.17 bits per heavy atom. The fourth-order valence-electron chi connectivity index (χ4n) is 2.89. The van der Waals surface area contributed by atoms with E-state index in [9.17, 15) is 4.79 Å². The summed E-state index contributed by atoms with van der Waals surface area (Å²) in [6, 6.07) is 16.1. The van der Waals surface area contributed by atoms with Gasteiger partial charge in [0.25, 0.3) is 5.91 Å². The van der Waals surface area contributed by atoms with Crippen LogP contribution >= 0.6 is 0 Å². The van der Waals surface area contributed by atoms with Gasteiger partial charge in [-0.1, -0.05) is 30.3 Å². The molecule has 0 aliphatic carbocycles. The fraction of sp³-hybridized carbons (Fsp3) is 0.250. The van der Waals surface area contributed by atoms with E-state index in [0.717, 1.165) is 35.1 Å². The van der Waals surface area contributed by atoms with Crippen LogP contribution in [-0.2, 0) is 6.42 Å². The highest BCUT2D eigenvalue weighted by molar-refractivity contribution is 6.01. The molecule has 1 heterocycles. The molecule has 0 saturated heterocycles. The van der Waals surface area contributed by atoms with Crippen LogP contribution in [0.2, 0.25) is 0 Å². The predicted molar refractivity (Wildman–Crippen MR) is 96.7 cm³/mol. The second-order valence-electron chi connectivity index (χ2n) is 5.88. The first-order valence-electron chi connectivity index (χ1n) is 8.17. The minimum absolute atomic E-state index is 0.0595. The lowest BCUT2D eigenvalue weighted by atomic mass is 10.1. The minimum Gasteiger partial charge on any atom is -0.497 e. The number of carbonyl (C=O) groups excluding carboxylic acids is 1. The minimum atomic E-state index is -0.0595. The maximum Gasteiger partial charge on any atom is 0.268 e. The monoisotopic (exact) mass is 322 g/mol. The summed E-state index contributed by atoms with van der Waals surface area (Å²) in [4.78, 5) is 15.6. The molecule has 0 bridgehead atoms. The van der Waals surface area contributed by atoms with Crippen LogP contribution in [0.4, 0.5) is 0 Å². The second kappa shape index (κ2) is 7.21. The Balaban J connectivity index is 1.62. The van der Waals surface area contributed by atoms with E-state index in [1.165, 1.54) is 5.56 Å². The average molecular weight is 322 g/mol. The van der Waals surface area contributed by atoms with Gasteiger partial charge in [0.15, 0.2) is 0 Å². The largest absolute Gasteiger partial charge is 0.497 e. The van der Waals surface area contributed by atoms with Gasteiger partial charge in [-0.2, -0.15) is 0 Å². The van der Waals surface area contributed by atoms with E-state index in [0.29, 0.717) is 12.2 Å². The van der Waals surface area contributed by atoms with Crippen LogP contribution in [0, 0.1) is 6.92 Å². The van der Waals surface area contributed by atoms with Crippen molar-refractivity contribution in [3.8, 4) is 5.75 Å². The molecular formula is C20H22N2O2. The van der Waals surface area contributed by atoms with Gasteiger partial charge in [0, 0.05) is 17.4 Å². The standard InChI is InChI=1S/C20H22N2O2/c1-14-17-13-16(24-2)10-11-18(17)22-19(14)20(23)21-12-6-9-15-7-4-3-5-8-15/h3-5,7-8,10-11,13,22H,6,9,12H2,1-2H3,(H,21,23). The van der Waals surface area contributed by atoms with Crippen molar-refractivity contribution in [3.63, 3.8) is 0 Å². The highest BCUT2D eigenvalue weighted by atomic mass is 16.5. The first-order valence-corrected chi connectivity index (χ1v) is 8.17. The highest BCUT2D eigenvalue weighted by Crippen LogP contribution is 2.25. The molecule has 1 amide bonds. The van der Waals surface area contributed by atoms with Crippen molar-refractivity contribution in [2.24, 2.45) is 0 Å². The van der Waals surface area contributed by atoms with Crippen LogP contribution in [0.1, 0.15) is 28.0 Å². The number of methoxy groups -OCH3 is 1. The van der Waals surface area contributed by atoms with Gasteiger partial charge in [0.1, 0.15) is 11.4 Å². The number of H-pyrrole nitrogens is 1. The summed E-state index contributed by atoms with van der Waals surface area (Å²) in [6.45, 7) is 2.61. The van der Waals surface area contributed by atoms with Gasteiger partial charge in [0.2, 0.25) is 0 Å². The molecule has 0 atom stereocenters. The third-order valence-corrected chi connectivity index (χ3v) is 4.26. The zero-order valence-electron chi connectivity index (χ0n) is 14.1. The number of amides is 1. The Labute approximate surface area is 141 Å². The molecule has 0 aliphatic heterocycles. The number of ether oxygens (including phenoxy) is 1. The van der Waals surface area contributed by atoms with Crippen LogP contribution in [0.5, 0.6) is 5.75 Å². The fourth-order valence-corrected chi connectivity index (χ4v) is 2.89. The van der Waals surface area contributed by atoms with Gasteiger partial charge in [-0.05, 0) is 49.1 Å². The Bertz CT molecular complexity index is 837. The van der Waals surface area contributed by atoms with E-state index < -0.39 is 0 Å². The van der Waals surface area contributed by atoms with Crippen LogP contribution in [0.25, 0.3) is 10.9 Å². The summed E-state index contributed by atoms with van der Waals surface area (Å²) in [6.07, 6.45) is 1.88. The van der Waals surface area contributed by atoms with Crippen LogP contribution in [-0.4, -0.2) is 24.5 Å². The first kappa shape index (κ1) is 16.1. The van der Waals surface area contributed by atoms with Gasteiger partial charge in [-0.25, -0.2) is 0 Å². The van der Waals surface area contributed by atoms with Gasteiger partial charge in [-0.15, -0.1) is 0 Å². The molecule has 0 radical (unpaired) electrons. The molecule has 4 nitrogen and oxygen atoms in total. The highest BCUT2D eigenvalue weighted by Gasteiger charge is 2.14. The van der Waals surface area contributed by atoms with E-state index >= 15 is 0 Å². The van der Waals surface area contributed by atoms with Gasteiger partial charge >= 0.3 is 0 Å².